The molecular weight excluding hydrogens is 400 g/mol. The predicted molar refractivity (Wildman–Crippen MR) is 127 cm³/mol. The van der Waals surface area contributed by atoms with Gasteiger partial charge < -0.3 is 15.3 Å². The first-order valence-electron chi connectivity index (χ1n) is 13.5. The van der Waals surface area contributed by atoms with Gasteiger partial charge in [0.15, 0.2) is 5.78 Å². The maximum Gasteiger partial charge on any atom is 0.165 e. The summed E-state index contributed by atoms with van der Waals surface area (Å²) in [4.78, 5) is 13.5. The Labute approximate surface area is 195 Å². The van der Waals surface area contributed by atoms with Gasteiger partial charge in [0.05, 0.1) is 6.10 Å². The molecule has 0 spiro atoms. The van der Waals surface area contributed by atoms with Gasteiger partial charge in [-0.05, 0) is 85.4 Å². The van der Waals surface area contributed by atoms with E-state index in [4.69, 9.17) is 0 Å². The lowest BCUT2D eigenvalue weighted by atomic mass is 9.41. The highest BCUT2D eigenvalue weighted by Gasteiger charge is 2.70. The quantitative estimate of drug-likeness (QED) is 0.535. The third-order valence-corrected chi connectivity index (χ3v) is 11.3. The number of fused-ring (bicyclic) bond motifs is 5. The predicted octanol–water partition coefficient (Wildman–Crippen LogP) is 4.98. The van der Waals surface area contributed by atoms with E-state index in [-0.39, 0.29) is 35.6 Å². The number of rotatable bonds is 6. The van der Waals surface area contributed by atoms with E-state index in [0.717, 1.165) is 30.6 Å². The lowest BCUT2D eigenvalue weighted by Gasteiger charge is -2.64. The second-order valence-corrected chi connectivity index (χ2v) is 13.2. The Morgan fingerprint density at radius 1 is 1.06 bits per heavy atom. The first-order chi connectivity index (χ1) is 15.0. The normalized spacial score (nSPS) is 49.5. The highest BCUT2D eigenvalue weighted by atomic mass is 16.3. The van der Waals surface area contributed by atoms with Crippen LogP contribution < -0.4 is 0 Å². The van der Waals surface area contributed by atoms with Crippen LogP contribution in [0.25, 0.3) is 0 Å². The van der Waals surface area contributed by atoms with Crippen molar-refractivity contribution in [3.63, 3.8) is 0 Å². The van der Waals surface area contributed by atoms with Gasteiger partial charge in [-0.3, -0.25) is 4.79 Å². The summed E-state index contributed by atoms with van der Waals surface area (Å²) in [6.07, 6.45) is 9.03. The molecule has 4 nitrogen and oxygen atoms in total. The van der Waals surface area contributed by atoms with Crippen molar-refractivity contribution in [1.29, 1.82) is 0 Å². The molecule has 0 unspecified atom stereocenters. The second-order valence-electron chi connectivity index (χ2n) is 13.2. The third-order valence-electron chi connectivity index (χ3n) is 11.3. The molecule has 32 heavy (non-hydrogen) atoms. The van der Waals surface area contributed by atoms with Crippen molar-refractivity contribution in [3.8, 4) is 0 Å². The Bertz CT molecular complexity index is 706. The zero-order valence-corrected chi connectivity index (χ0v) is 21.1. The summed E-state index contributed by atoms with van der Waals surface area (Å²) < 4.78 is 0. The van der Waals surface area contributed by atoms with Gasteiger partial charge in [0, 0.05) is 18.4 Å². The monoisotopic (exact) mass is 448 g/mol. The summed E-state index contributed by atoms with van der Waals surface area (Å²) in [5.74, 6) is 2.93. The van der Waals surface area contributed by atoms with Crippen molar-refractivity contribution in [2.45, 2.75) is 111 Å². The lowest BCUT2D eigenvalue weighted by Crippen LogP contribution is -2.71. The molecule has 10 atom stereocenters. The lowest BCUT2D eigenvalue weighted by molar-refractivity contribution is -0.241. The van der Waals surface area contributed by atoms with Crippen LogP contribution >= 0.6 is 0 Å². The van der Waals surface area contributed by atoms with Gasteiger partial charge in [-0.1, -0.05) is 53.9 Å². The van der Waals surface area contributed by atoms with Crippen LogP contribution in [0.15, 0.2) is 0 Å². The molecule has 4 heteroatoms. The molecule has 4 aliphatic carbocycles. The molecule has 4 aliphatic rings. The molecule has 0 aromatic carbocycles. The minimum absolute atomic E-state index is 0.0730. The third kappa shape index (κ3) is 3.53. The van der Waals surface area contributed by atoms with E-state index in [9.17, 15) is 20.1 Å². The van der Waals surface area contributed by atoms with Crippen molar-refractivity contribution in [1.82, 2.24) is 0 Å². The molecule has 0 radical (unpaired) electrons. The Balaban J connectivity index is 1.57. The first-order valence-corrected chi connectivity index (χ1v) is 13.5. The fourth-order valence-corrected chi connectivity index (χ4v) is 9.39. The Morgan fingerprint density at radius 2 is 1.78 bits per heavy atom. The molecule has 0 aromatic heterocycles. The summed E-state index contributed by atoms with van der Waals surface area (Å²) in [7, 11) is 0. The Morgan fingerprint density at radius 3 is 2.44 bits per heavy atom. The molecule has 3 N–H and O–H groups in total. The van der Waals surface area contributed by atoms with Crippen LogP contribution in [-0.2, 0) is 4.79 Å². The minimum Gasteiger partial charge on any atom is -0.396 e. The molecule has 0 aliphatic heterocycles. The number of aliphatic hydroxyl groups excluding tert-OH is 2. The molecule has 184 valence electrons. The number of carbonyl (C=O) groups excluding carboxylic acids is 1. The molecule has 4 saturated carbocycles. The number of hydrogen-bond acceptors (Lipinski definition) is 4. The van der Waals surface area contributed by atoms with Gasteiger partial charge in [0.25, 0.3) is 0 Å². The minimum atomic E-state index is -1.49. The topological polar surface area (TPSA) is 77.8 Å². The van der Waals surface area contributed by atoms with Gasteiger partial charge >= 0.3 is 0 Å². The van der Waals surface area contributed by atoms with Crippen LogP contribution in [-0.4, -0.2) is 39.4 Å². The van der Waals surface area contributed by atoms with Crippen molar-refractivity contribution in [2.75, 3.05) is 6.61 Å². The molecular formula is C28H48O4. The van der Waals surface area contributed by atoms with E-state index in [1.165, 1.54) is 32.1 Å². The summed E-state index contributed by atoms with van der Waals surface area (Å²) in [6, 6.07) is 0. The molecule has 0 amide bonds. The van der Waals surface area contributed by atoms with E-state index >= 15 is 0 Å². The van der Waals surface area contributed by atoms with E-state index in [2.05, 4.69) is 27.7 Å². The summed E-state index contributed by atoms with van der Waals surface area (Å²) in [5.41, 5.74) is -2.01. The van der Waals surface area contributed by atoms with Crippen LogP contribution in [0.3, 0.4) is 0 Å². The number of hydrogen-bond donors (Lipinski definition) is 3. The van der Waals surface area contributed by atoms with Crippen molar-refractivity contribution in [3.05, 3.63) is 0 Å². The zero-order chi connectivity index (χ0) is 23.5. The van der Waals surface area contributed by atoms with Crippen molar-refractivity contribution >= 4 is 5.78 Å². The number of aliphatic hydroxyl groups is 3. The molecule has 4 fully saturated rings. The summed E-state index contributed by atoms with van der Waals surface area (Å²) in [6.45, 7) is 11.5. The van der Waals surface area contributed by atoms with Crippen LogP contribution in [0.1, 0.15) is 98.8 Å². The van der Waals surface area contributed by atoms with Crippen molar-refractivity contribution < 1.29 is 20.1 Å². The van der Waals surface area contributed by atoms with Gasteiger partial charge in [-0.15, -0.1) is 0 Å². The highest BCUT2D eigenvalue weighted by molar-refractivity contribution is 5.89. The van der Waals surface area contributed by atoms with Crippen molar-refractivity contribution in [2.24, 2.45) is 52.3 Å². The summed E-state index contributed by atoms with van der Waals surface area (Å²) in [5, 5.41) is 32.7. The highest BCUT2D eigenvalue weighted by Crippen LogP contribution is 2.68. The van der Waals surface area contributed by atoms with E-state index in [0.29, 0.717) is 25.2 Å². The fourth-order valence-electron chi connectivity index (χ4n) is 9.39. The van der Waals surface area contributed by atoms with Crippen LogP contribution in [0.5, 0.6) is 0 Å². The summed E-state index contributed by atoms with van der Waals surface area (Å²) >= 11 is 0. The number of carbonyl (C=O) groups is 1. The van der Waals surface area contributed by atoms with Gasteiger partial charge in [-0.2, -0.15) is 0 Å². The Hall–Kier alpha value is -0.450. The molecule has 0 heterocycles. The van der Waals surface area contributed by atoms with Crippen LogP contribution in [0, 0.1) is 52.3 Å². The van der Waals surface area contributed by atoms with Crippen LogP contribution in [0.4, 0.5) is 0 Å². The average Bonchev–Trinajstić information content (AvgIpc) is 3.08. The number of ketones is 1. The fraction of sp³-hybridized carbons (Fsp3) is 0.964. The SMILES string of the molecule is CC(C)CCC[C@@H](C)[C@H]1CC[C@H]2[C@@H]3CC(=O)[C@@]4(O)C[C@@H](CO)C[C@@H](O)[C@]4(C)[C@H]3CC[C@]12C. The van der Waals surface area contributed by atoms with Gasteiger partial charge in [0.2, 0.25) is 0 Å². The molecule has 0 bridgehead atoms. The molecule has 0 saturated heterocycles. The first kappa shape index (κ1) is 24.7. The van der Waals surface area contributed by atoms with Gasteiger partial charge in [0.1, 0.15) is 5.60 Å². The second kappa shape index (κ2) is 8.64. The smallest absolute Gasteiger partial charge is 0.165 e. The van der Waals surface area contributed by atoms with E-state index in [1.54, 1.807) is 0 Å². The van der Waals surface area contributed by atoms with Gasteiger partial charge in [-0.25, -0.2) is 0 Å². The van der Waals surface area contributed by atoms with Crippen LogP contribution in [0.2, 0.25) is 0 Å². The standard InChI is InChI=1S/C28H48O4/c1-17(2)7-6-8-18(3)21-9-10-22-20-14-25(31)28(32)15-19(16-29)13-24(30)27(28,5)23(20)11-12-26(21,22)4/h17-24,29-30,32H,6-16H2,1-5H3/t18-,19+,20+,21-,22+,23+,24-,26-,27+,28+/m1/s1. The van der Waals surface area contributed by atoms with E-state index in [1.807, 2.05) is 6.92 Å². The molecule has 0 aromatic rings. The largest absolute Gasteiger partial charge is 0.396 e. The molecule has 4 rings (SSSR count). The zero-order valence-electron chi connectivity index (χ0n) is 21.1. The maximum atomic E-state index is 13.5. The Kier molecular flexibility index (Phi) is 6.66. The number of Topliss-reactive ketones (excluding diaryl/α,β-unsaturated/α-hetero) is 1. The average molecular weight is 449 g/mol. The maximum absolute atomic E-state index is 13.5. The van der Waals surface area contributed by atoms with E-state index < -0.39 is 17.1 Å².